The first-order valence-electron chi connectivity index (χ1n) is 12.4. The molecule has 6 aromatic rings. The summed E-state index contributed by atoms with van der Waals surface area (Å²) < 4.78 is 30.5. The zero-order chi connectivity index (χ0) is 27.1. The van der Waals surface area contributed by atoms with Crippen molar-refractivity contribution in [1.82, 2.24) is 40.0 Å². The first-order chi connectivity index (χ1) is 18.9. The van der Waals surface area contributed by atoms with Gasteiger partial charge in [0.05, 0.1) is 34.3 Å². The van der Waals surface area contributed by atoms with E-state index in [0.29, 0.717) is 57.0 Å². The van der Waals surface area contributed by atoms with E-state index in [0.717, 1.165) is 12.1 Å². The molecule has 0 amide bonds. The Labute approximate surface area is 222 Å². The Morgan fingerprint density at radius 1 is 0.949 bits per heavy atom. The zero-order valence-corrected chi connectivity index (χ0v) is 21.5. The summed E-state index contributed by atoms with van der Waals surface area (Å²) in [5, 5.41) is 10.7. The third-order valence-electron chi connectivity index (χ3n) is 6.55. The van der Waals surface area contributed by atoms with Crippen molar-refractivity contribution in [3.8, 4) is 33.9 Å². The number of hydrogen-bond donors (Lipinski definition) is 3. The van der Waals surface area contributed by atoms with Crippen LogP contribution in [0.15, 0.2) is 55.2 Å². The van der Waals surface area contributed by atoms with Crippen molar-refractivity contribution in [1.29, 1.82) is 0 Å². The fraction of sp³-hybridized carbons (Fsp3) is 0.179. The molecule has 0 unspecified atom stereocenters. The maximum atomic E-state index is 15.9. The molecule has 9 nitrogen and oxygen atoms in total. The number of benzene rings is 1. The normalized spacial score (nSPS) is 11.6. The lowest BCUT2D eigenvalue weighted by molar-refractivity contribution is 0.425. The molecule has 0 spiro atoms. The number of hydrogen-bond acceptors (Lipinski definition) is 7. The van der Waals surface area contributed by atoms with Gasteiger partial charge in [0.2, 0.25) is 0 Å². The van der Waals surface area contributed by atoms with Crippen LogP contribution in [0.3, 0.4) is 0 Å². The van der Waals surface area contributed by atoms with Crippen LogP contribution in [0.1, 0.15) is 5.56 Å². The number of aromatic nitrogens is 7. The van der Waals surface area contributed by atoms with Gasteiger partial charge in [-0.3, -0.25) is 20.1 Å². The molecule has 0 radical (unpaired) electrons. The summed E-state index contributed by atoms with van der Waals surface area (Å²) in [6, 6.07) is 6.57. The molecule has 11 heteroatoms. The molecule has 196 valence electrons. The van der Waals surface area contributed by atoms with Crippen LogP contribution in [0.2, 0.25) is 0 Å². The van der Waals surface area contributed by atoms with E-state index in [1.54, 1.807) is 37.1 Å². The molecule has 1 aromatic carbocycles. The number of nitrogens with zero attached hydrogens (tertiary/aromatic N) is 6. The van der Waals surface area contributed by atoms with Crippen LogP contribution in [-0.4, -0.2) is 67.2 Å². The summed E-state index contributed by atoms with van der Waals surface area (Å²) in [7, 11) is 3.96. The van der Waals surface area contributed by atoms with Gasteiger partial charge in [0.1, 0.15) is 17.2 Å². The maximum absolute atomic E-state index is 15.9. The SMILES string of the molecule is Cc1ccncc1-c1ncc2[nH]nc(-c3nc4c(-c5cc(F)cc(NCCN(C)C)c5)cncc4[nH]3)c2c1F. The van der Waals surface area contributed by atoms with Gasteiger partial charge in [-0.1, -0.05) is 0 Å². The Balaban J connectivity index is 1.44. The average molecular weight is 526 g/mol. The van der Waals surface area contributed by atoms with Gasteiger partial charge in [0, 0.05) is 48.5 Å². The summed E-state index contributed by atoms with van der Waals surface area (Å²) >= 11 is 0. The Morgan fingerprint density at radius 3 is 2.62 bits per heavy atom. The quantitative estimate of drug-likeness (QED) is 0.263. The highest BCUT2D eigenvalue weighted by atomic mass is 19.1. The number of nitrogens with one attached hydrogen (secondary N) is 3. The summed E-state index contributed by atoms with van der Waals surface area (Å²) in [4.78, 5) is 22.8. The number of aromatic amines is 2. The van der Waals surface area contributed by atoms with E-state index in [2.05, 4.69) is 35.5 Å². The Kier molecular flexibility index (Phi) is 6.20. The average Bonchev–Trinajstić information content (AvgIpc) is 3.53. The monoisotopic (exact) mass is 525 g/mol. The van der Waals surface area contributed by atoms with E-state index in [4.69, 9.17) is 4.98 Å². The van der Waals surface area contributed by atoms with E-state index in [1.807, 2.05) is 32.0 Å². The molecule has 0 aliphatic rings. The van der Waals surface area contributed by atoms with Crippen LogP contribution < -0.4 is 5.32 Å². The van der Waals surface area contributed by atoms with E-state index >= 15 is 4.39 Å². The predicted molar refractivity (Wildman–Crippen MR) is 147 cm³/mol. The summed E-state index contributed by atoms with van der Waals surface area (Å²) in [6.45, 7) is 3.34. The highest BCUT2D eigenvalue weighted by molar-refractivity contribution is 5.98. The van der Waals surface area contributed by atoms with Crippen molar-refractivity contribution in [2.24, 2.45) is 0 Å². The van der Waals surface area contributed by atoms with Crippen molar-refractivity contribution >= 4 is 27.6 Å². The molecule has 0 aliphatic heterocycles. The smallest absolute Gasteiger partial charge is 0.161 e. The maximum Gasteiger partial charge on any atom is 0.161 e. The minimum absolute atomic E-state index is 0.184. The molecule has 0 fully saturated rings. The van der Waals surface area contributed by atoms with Crippen LogP contribution in [-0.2, 0) is 0 Å². The molecule has 0 bridgehead atoms. The van der Waals surface area contributed by atoms with E-state index < -0.39 is 5.82 Å². The second kappa shape index (κ2) is 9.84. The van der Waals surface area contributed by atoms with Crippen LogP contribution >= 0.6 is 0 Å². The zero-order valence-electron chi connectivity index (χ0n) is 21.5. The third-order valence-corrected chi connectivity index (χ3v) is 6.55. The lowest BCUT2D eigenvalue weighted by atomic mass is 10.1. The predicted octanol–water partition coefficient (Wildman–Crippen LogP) is 5.19. The van der Waals surface area contributed by atoms with Gasteiger partial charge < -0.3 is 15.2 Å². The van der Waals surface area contributed by atoms with E-state index in [-0.39, 0.29) is 16.9 Å². The number of fused-ring (bicyclic) bond motifs is 2. The molecule has 5 heterocycles. The summed E-state index contributed by atoms with van der Waals surface area (Å²) in [5.41, 5.74) is 5.47. The highest BCUT2D eigenvalue weighted by Gasteiger charge is 2.22. The summed E-state index contributed by atoms with van der Waals surface area (Å²) in [6.07, 6.45) is 8.06. The first-order valence-corrected chi connectivity index (χ1v) is 12.4. The van der Waals surface area contributed by atoms with Crippen LogP contribution in [0.4, 0.5) is 14.5 Å². The number of halogens is 2. The second-order valence-corrected chi connectivity index (χ2v) is 9.60. The lowest BCUT2D eigenvalue weighted by Crippen LogP contribution is -2.20. The van der Waals surface area contributed by atoms with Gasteiger partial charge in [-0.2, -0.15) is 5.10 Å². The molecule has 6 rings (SSSR count). The lowest BCUT2D eigenvalue weighted by Gasteiger charge is -2.12. The highest BCUT2D eigenvalue weighted by Crippen LogP contribution is 2.35. The van der Waals surface area contributed by atoms with Crippen molar-refractivity contribution in [3.63, 3.8) is 0 Å². The topological polar surface area (TPSA) is 111 Å². The van der Waals surface area contributed by atoms with Crippen molar-refractivity contribution < 1.29 is 8.78 Å². The van der Waals surface area contributed by atoms with Crippen molar-refractivity contribution in [2.45, 2.75) is 6.92 Å². The summed E-state index contributed by atoms with van der Waals surface area (Å²) in [5.74, 6) is -0.548. The van der Waals surface area contributed by atoms with Gasteiger partial charge in [-0.05, 0) is 56.4 Å². The van der Waals surface area contributed by atoms with Gasteiger partial charge in [-0.25, -0.2) is 13.8 Å². The Morgan fingerprint density at radius 2 is 1.79 bits per heavy atom. The van der Waals surface area contributed by atoms with E-state index in [1.165, 1.54) is 12.1 Å². The fourth-order valence-corrected chi connectivity index (χ4v) is 4.57. The molecule has 0 saturated heterocycles. The molecule has 0 atom stereocenters. The fourth-order valence-electron chi connectivity index (χ4n) is 4.57. The molecule has 0 aliphatic carbocycles. The molecular formula is C28H25F2N9. The number of rotatable bonds is 7. The molecule has 5 aromatic heterocycles. The van der Waals surface area contributed by atoms with Gasteiger partial charge in [-0.15, -0.1) is 0 Å². The van der Waals surface area contributed by atoms with Gasteiger partial charge in [0.15, 0.2) is 11.6 Å². The standard InChI is InChI=1S/C28H25F2N9/c1-15-4-5-31-11-19(15)26-24(30)23-21(14-34-26)37-38-27(23)28-35-22-13-32-12-20(25(22)36-28)16-8-17(29)10-18(9-16)33-6-7-39(2)3/h4-5,8-14,33H,6-7H2,1-3H3,(H,35,36)(H,37,38). The Bertz CT molecular complexity index is 1820. The largest absolute Gasteiger partial charge is 0.384 e. The van der Waals surface area contributed by atoms with Crippen molar-refractivity contribution in [3.05, 3.63) is 72.4 Å². The number of imidazole rings is 1. The molecule has 0 saturated carbocycles. The number of anilines is 1. The van der Waals surface area contributed by atoms with Gasteiger partial charge in [0.25, 0.3) is 0 Å². The molecule has 39 heavy (non-hydrogen) atoms. The van der Waals surface area contributed by atoms with Gasteiger partial charge >= 0.3 is 0 Å². The van der Waals surface area contributed by atoms with Crippen LogP contribution in [0, 0.1) is 18.6 Å². The van der Waals surface area contributed by atoms with Crippen LogP contribution in [0.25, 0.3) is 55.8 Å². The number of aryl methyl sites for hydroxylation is 1. The second-order valence-electron chi connectivity index (χ2n) is 9.60. The molecule has 3 N–H and O–H groups in total. The minimum Gasteiger partial charge on any atom is -0.384 e. The Hall–Kier alpha value is -4.77. The van der Waals surface area contributed by atoms with Crippen molar-refractivity contribution in [2.75, 3.05) is 32.5 Å². The first kappa shape index (κ1) is 24.6. The molecular weight excluding hydrogens is 500 g/mol. The number of pyridine rings is 3. The number of likely N-dealkylation sites (N-methyl/N-ethyl adjacent to an activating group) is 1. The minimum atomic E-state index is -0.523. The number of H-pyrrole nitrogens is 2. The van der Waals surface area contributed by atoms with E-state index in [9.17, 15) is 4.39 Å². The third kappa shape index (κ3) is 4.57. The van der Waals surface area contributed by atoms with Crippen LogP contribution in [0.5, 0.6) is 0 Å².